The zero-order valence-electron chi connectivity index (χ0n) is 15.8. The SMILES string of the molecule is CN(Cc1ccccc1)C(=O)CSc1nc2scc(-c3ccccc3)c2c(=O)[nH]1. The van der Waals surface area contributed by atoms with Gasteiger partial charge in [-0.1, -0.05) is 72.4 Å². The monoisotopic (exact) mass is 421 g/mol. The Morgan fingerprint density at radius 2 is 1.79 bits per heavy atom. The highest BCUT2D eigenvalue weighted by Gasteiger charge is 2.15. The van der Waals surface area contributed by atoms with Gasteiger partial charge >= 0.3 is 0 Å². The minimum absolute atomic E-state index is 0.0160. The van der Waals surface area contributed by atoms with E-state index in [-0.39, 0.29) is 17.2 Å². The van der Waals surface area contributed by atoms with Crippen LogP contribution in [0.15, 0.2) is 76.0 Å². The summed E-state index contributed by atoms with van der Waals surface area (Å²) in [6, 6.07) is 19.6. The Morgan fingerprint density at radius 3 is 2.52 bits per heavy atom. The largest absolute Gasteiger partial charge is 0.341 e. The Balaban J connectivity index is 1.48. The summed E-state index contributed by atoms with van der Waals surface area (Å²) >= 11 is 2.69. The molecule has 0 aliphatic carbocycles. The van der Waals surface area contributed by atoms with Crippen molar-refractivity contribution in [3.63, 3.8) is 0 Å². The van der Waals surface area contributed by atoms with Gasteiger partial charge in [0.25, 0.3) is 5.56 Å². The van der Waals surface area contributed by atoms with Crippen LogP contribution in [-0.4, -0.2) is 33.6 Å². The van der Waals surface area contributed by atoms with Crippen LogP contribution in [0.4, 0.5) is 0 Å². The first kappa shape index (κ1) is 19.4. The molecule has 4 aromatic rings. The maximum Gasteiger partial charge on any atom is 0.260 e. The second-order valence-electron chi connectivity index (χ2n) is 6.59. The number of nitrogens with zero attached hydrogens (tertiary/aromatic N) is 2. The summed E-state index contributed by atoms with van der Waals surface area (Å²) in [5, 5.41) is 3.01. The van der Waals surface area contributed by atoms with Crippen molar-refractivity contribution in [3.8, 4) is 11.1 Å². The van der Waals surface area contributed by atoms with Crippen LogP contribution in [0.25, 0.3) is 21.3 Å². The molecule has 2 aromatic heterocycles. The fraction of sp³-hybridized carbons (Fsp3) is 0.136. The third-order valence-electron chi connectivity index (χ3n) is 4.53. The van der Waals surface area contributed by atoms with Crippen LogP contribution < -0.4 is 5.56 Å². The predicted molar refractivity (Wildman–Crippen MR) is 119 cm³/mol. The maximum atomic E-state index is 12.7. The van der Waals surface area contributed by atoms with Crippen molar-refractivity contribution in [2.75, 3.05) is 12.8 Å². The molecule has 0 aliphatic rings. The van der Waals surface area contributed by atoms with Crippen molar-refractivity contribution in [1.29, 1.82) is 0 Å². The van der Waals surface area contributed by atoms with Crippen LogP contribution in [0, 0.1) is 0 Å². The summed E-state index contributed by atoms with van der Waals surface area (Å²) in [5.74, 6) is 0.201. The van der Waals surface area contributed by atoms with Crippen LogP contribution in [0.1, 0.15) is 5.56 Å². The topological polar surface area (TPSA) is 66.1 Å². The first-order valence-corrected chi connectivity index (χ1v) is 11.0. The van der Waals surface area contributed by atoms with E-state index in [0.29, 0.717) is 21.9 Å². The summed E-state index contributed by atoms with van der Waals surface area (Å²) in [6.07, 6.45) is 0. The van der Waals surface area contributed by atoms with E-state index in [2.05, 4.69) is 9.97 Å². The summed E-state index contributed by atoms with van der Waals surface area (Å²) < 4.78 is 0. The number of aromatic amines is 1. The number of hydrogen-bond donors (Lipinski definition) is 1. The highest BCUT2D eigenvalue weighted by atomic mass is 32.2. The van der Waals surface area contributed by atoms with E-state index in [9.17, 15) is 9.59 Å². The first-order chi connectivity index (χ1) is 14.1. The first-order valence-electron chi connectivity index (χ1n) is 9.09. The second kappa shape index (κ2) is 8.63. The number of rotatable bonds is 6. The van der Waals surface area contributed by atoms with E-state index >= 15 is 0 Å². The molecule has 1 N–H and O–H groups in total. The van der Waals surface area contributed by atoms with E-state index in [4.69, 9.17) is 0 Å². The molecular formula is C22H19N3O2S2. The molecule has 1 amide bonds. The van der Waals surface area contributed by atoms with Gasteiger partial charge in [-0.25, -0.2) is 4.98 Å². The third kappa shape index (κ3) is 4.41. The average molecular weight is 422 g/mol. The minimum Gasteiger partial charge on any atom is -0.341 e. The van der Waals surface area contributed by atoms with Gasteiger partial charge in [0.15, 0.2) is 5.16 Å². The molecule has 0 aliphatic heterocycles. The number of carbonyl (C=O) groups excluding carboxylic acids is 1. The molecule has 7 heteroatoms. The fourth-order valence-electron chi connectivity index (χ4n) is 3.01. The van der Waals surface area contributed by atoms with Gasteiger partial charge in [0.05, 0.1) is 11.1 Å². The molecule has 5 nitrogen and oxygen atoms in total. The van der Waals surface area contributed by atoms with E-state index in [1.54, 1.807) is 11.9 Å². The maximum absolute atomic E-state index is 12.7. The Morgan fingerprint density at radius 1 is 1.10 bits per heavy atom. The predicted octanol–water partition coefficient (Wildman–Crippen LogP) is 4.40. The van der Waals surface area contributed by atoms with Crippen molar-refractivity contribution in [2.45, 2.75) is 11.7 Å². The van der Waals surface area contributed by atoms with E-state index in [0.717, 1.165) is 16.7 Å². The Bertz CT molecular complexity index is 1190. The van der Waals surface area contributed by atoms with Crippen LogP contribution in [-0.2, 0) is 11.3 Å². The molecule has 0 fully saturated rings. The molecule has 0 bridgehead atoms. The van der Waals surface area contributed by atoms with Gasteiger partial charge in [-0.15, -0.1) is 11.3 Å². The zero-order valence-corrected chi connectivity index (χ0v) is 17.4. The van der Waals surface area contributed by atoms with Crippen molar-refractivity contribution >= 4 is 39.2 Å². The highest BCUT2D eigenvalue weighted by Crippen LogP contribution is 2.31. The Labute approximate surface area is 176 Å². The van der Waals surface area contributed by atoms with Gasteiger partial charge < -0.3 is 9.88 Å². The van der Waals surface area contributed by atoms with Gasteiger partial charge in [0, 0.05) is 24.5 Å². The molecule has 2 aromatic carbocycles. The Kier molecular flexibility index (Phi) is 5.78. The molecule has 0 atom stereocenters. The number of nitrogens with one attached hydrogen (secondary N) is 1. The van der Waals surface area contributed by atoms with Gasteiger partial charge in [0.1, 0.15) is 4.83 Å². The summed E-state index contributed by atoms with van der Waals surface area (Å²) in [6.45, 7) is 0.550. The van der Waals surface area contributed by atoms with Crippen LogP contribution in [0.2, 0.25) is 0 Å². The highest BCUT2D eigenvalue weighted by molar-refractivity contribution is 7.99. The molecule has 29 heavy (non-hydrogen) atoms. The molecule has 0 saturated heterocycles. The second-order valence-corrected chi connectivity index (χ2v) is 8.41. The molecule has 0 saturated carbocycles. The lowest BCUT2D eigenvalue weighted by molar-refractivity contribution is -0.127. The lowest BCUT2D eigenvalue weighted by Gasteiger charge is -2.16. The van der Waals surface area contributed by atoms with Crippen molar-refractivity contribution in [3.05, 3.63) is 82.0 Å². The van der Waals surface area contributed by atoms with E-state index in [1.165, 1.54) is 23.1 Å². The molecule has 2 heterocycles. The number of amides is 1. The van der Waals surface area contributed by atoms with Crippen LogP contribution in [0.3, 0.4) is 0 Å². The molecular weight excluding hydrogens is 402 g/mol. The van der Waals surface area contributed by atoms with E-state index < -0.39 is 0 Å². The Hall–Kier alpha value is -2.90. The number of benzene rings is 2. The fourth-order valence-corrected chi connectivity index (χ4v) is 4.82. The molecule has 4 rings (SSSR count). The third-order valence-corrected chi connectivity index (χ3v) is 6.26. The summed E-state index contributed by atoms with van der Waals surface area (Å²) in [4.78, 5) is 34.9. The molecule has 146 valence electrons. The smallest absolute Gasteiger partial charge is 0.260 e. The minimum atomic E-state index is -0.178. The van der Waals surface area contributed by atoms with Crippen LogP contribution in [0.5, 0.6) is 0 Å². The number of hydrogen-bond acceptors (Lipinski definition) is 5. The van der Waals surface area contributed by atoms with Gasteiger partial charge in [0.2, 0.25) is 5.91 Å². The van der Waals surface area contributed by atoms with Gasteiger partial charge in [-0.3, -0.25) is 9.59 Å². The van der Waals surface area contributed by atoms with Crippen molar-refractivity contribution in [1.82, 2.24) is 14.9 Å². The van der Waals surface area contributed by atoms with Crippen LogP contribution >= 0.6 is 23.1 Å². The number of thioether (sulfide) groups is 1. The quantitative estimate of drug-likeness (QED) is 0.370. The van der Waals surface area contributed by atoms with E-state index in [1.807, 2.05) is 66.0 Å². The average Bonchev–Trinajstić information content (AvgIpc) is 3.18. The number of aromatic nitrogens is 2. The normalized spacial score (nSPS) is 10.9. The lowest BCUT2D eigenvalue weighted by Crippen LogP contribution is -2.27. The molecule has 0 spiro atoms. The number of carbonyl (C=O) groups is 1. The number of thiophene rings is 1. The standard InChI is InChI=1S/C22H19N3O2S2/c1-25(12-15-8-4-2-5-9-15)18(26)14-29-22-23-20(27)19-17(13-28-21(19)24-22)16-10-6-3-7-11-16/h2-11,13H,12,14H2,1H3,(H,23,24,27). The van der Waals surface area contributed by atoms with Crippen molar-refractivity contribution < 1.29 is 4.79 Å². The summed E-state index contributed by atoms with van der Waals surface area (Å²) in [7, 11) is 1.78. The zero-order chi connectivity index (χ0) is 20.2. The van der Waals surface area contributed by atoms with Gasteiger partial charge in [-0.05, 0) is 11.1 Å². The van der Waals surface area contributed by atoms with Crippen molar-refractivity contribution in [2.24, 2.45) is 0 Å². The molecule has 0 unspecified atom stereocenters. The van der Waals surface area contributed by atoms with Gasteiger partial charge in [-0.2, -0.15) is 0 Å². The number of fused-ring (bicyclic) bond motifs is 1. The number of H-pyrrole nitrogens is 1. The lowest BCUT2D eigenvalue weighted by atomic mass is 10.1. The summed E-state index contributed by atoms with van der Waals surface area (Å²) in [5.41, 5.74) is 2.77. The molecule has 0 radical (unpaired) electrons.